The maximum atomic E-state index is 4.11. The fourth-order valence-electron chi connectivity index (χ4n) is 1.52. The summed E-state index contributed by atoms with van der Waals surface area (Å²) in [5.74, 6) is 0. The zero-order valence-electron chi connectivity index (χ0n) is 7.45. The quantitative estimate of drug-likeness (QED) is 0.675. The van der Waals surface area contributed by atoms with Crippen molar-refractivity contribution in [3.8, 4) is 0 Å². The minimum Gasteiger partial charge on any atom is -0.386 e. The van der Waals surface area contributed by atoms with E-state index in [4.69, 9.17) is 0 Å². The van der Waals surface area contributed by atoms with Crippen LogP contribution in [-0.4, -0.2) is 11.5 Å². The third-order valence-corrected chi connectivity index (χ3v) is 3.34. The van der Waals surface area contributed by atoms with Crippen molar-refractivity contribution >= 4 is 17.4 Å². The number of hydrogen-bond acceptors (Lipinski definition) is 4. The Hall–Kier alpha value is -1.42. The van der Waals surface area contributed by atoms with Crippen LogP contribution in [0.2, 0.25) is 0 Å². The van der Waals surface area contributed by atoms with Gasteiger partial charge in [0.1, 0.15) is 0 Å². The number of nitrogens with zero attached hydrogens (tertiary/aromatic N) is 1. The first-order chi connectivity index (χ1) is 6.93. The van der Waals surface area contributed by atoms with Gasteiger partial charge in [-0.25, -0.2) is 0 Å². The molecule has 0 bridgehead atoms. The fraction of sp³-hybridized carbons (Fsp3) is 0.100. The molecule has 0 saturated carbocycles. The molecule has 3 nitrogen and oxygen atoms in total. The van der Waals surface area contributed by atoms with Gasteiger partial charge in [0.2, 0.25) is 0 Å². The van der Waals surface area contributed by atoms with Gasteiger partial charge >= 0.3 is 0 Å². The molecule has 3 rings (SSSR count). The molecule has 0 aliphatic carbocycles. The molecular formula is C10H9N3S. The summed E-state index contributed by atoms with van der Waals surface area (Å²) in [4.78, 5) is 6.59. The van der Waals surface area contributed by atoms with E-state index in [0.29, 0.717) is 0 Å². The predicted molar refractivity (Wildman–Crippen MR) is 57.9 cm³/mol. The molecule has 70 valence electrons. The summed E-state index contributed by atoms with van der Waals surface area (Å²) < 4.78 is 0. The van der Waals surface area contributed by atoms with E-state index in [1.807, 2.05) is 18.5 Å². The Morgan fingerprint density at radius 1 is 1.43 bits per heavy atom. The van der Waals surface area contributed by atoms with Crippen LogP contribution in [0, 0.1) is 0 Å². The lowest BCUT2D eigenvalue weighted by Crippen LogP contribution is -2.18. The molecule has 0 spiro atoms. The fourth-order valence-corrected chi connectivity index (χ4v) is 2.48. The lowest BCUT2D eigenvalue weighted by Gasteiger charge is -2.24. The van der Waals surface area contributed by atoms with Crippen molar-refractivity contribution in [1.82, 2.24) is 10.3 Å². The van der Waals surface area contributed by atoms with Crippen LogP contribution < -0.4 is 10.6 Å². The van der Waals surface area contributed by atoms with E-state index >= 15 is 0 Å². The Labute approximate surface area is 86.3 Å². The van der Waals surface area contributed by atoms with Crippen molar-refractivity contribution in [1.29, 1.82) is 0 Å². The second kappa shape index (κ2) is 3.06. The number of pyridine rings is 1. The number of aromatic nitrogens is 1. The van der Waals surface area contributed by atoms with Gasteiger partial charge in [-0.2, -0.15) is 0 Å². The van der Waals surface area contributed by atoms with Gasteiger partial charge in [0, 0.05) is 30.0 Å². The third kappa shape index (κ3) is 1.19. The van der Waals surface area contributed by atoms with Crippen LogP contribution in [0.4, 0.5) is 5.69 Å². The van der Waals surface area contributed by atoms with Crippen LogP contribution in [0.1, 0.15) is 0 Å². The van der Waals surface area contributed by atoms with E-state index in [1.165, 1.54) is 9.80 Å². The highest BCUT2D eigenvalue weighted by Gasteiger charge is 2.18. The highest BCUT2D eigenvalue weighted by molar-refractivity contribution is 8.03. The van der Waals surface area contributed by atoms with Crippen molar-refractivity contribution in [2.24, 2.45) is 0 Å². The molecule has 2 aliphatic rings. The second-order valence-electron chi connectivity index (χ2n) is 3.13. The van der Waals surface area contributed by atoms with Gasteiger partial charge in [0.15, 0.2) is 0 Å². The number of anilines is 1. The summed E-state index contributed by atoms with van der Waals surface area (Å²) in [6.07, 6.45) is 7.90. The zero-order valence-corrected chi connectivity index (χ0v) is 8.27. The number of dihydropyridines is 1. The molecule has 4 heteroatoms. The van der Waals surface area contributed by atoms with Crippen LogP contribution in [0.15, 0.2) is 46.2 Å². The molecule has 14 heavy (non-hydrogen) atoms. The minimum absolute atomic E-state index is 0.906. The van der Waals surface area contributed by atoms with Crippen molar-refractivity contribution in [2.75, 3.05) is 11.9 Å². The van der Waals surface area contributed by atoms with Gasteiger partial charge in [0.05, 0.1) is 16.3 Å². The monoisotopic (exact) mass is 203 g/mol. The van der Waals surface area contributed by atoms with Gasteiger partial charge in [0.25, 0.3) is 0 Å². The molecule has 3 heterocycles. The Morgan fingerprint density at radius 3 is 3.43 bits per heavy atom. The molecule has 1 aromatic heterocycles. The Balaban J connectivity index is 2.07. The van der Waals surface area contributed by atoms with Gasteiger partial charge < -0.3 is 10.6 Å². The van der Waals surface area contributed by atoms with E-state index in [0.717, 1.165) is 17.9 Å². The Kier molecular flexibility index (Phi) is 1.73. The number of thioether (sulfide) groups is 1. The summed E-state index contributed by atoms with van der Waals surface area (Å²) in [5, 5.41) is 6.55. The Bertz CT molecular complexity index is 396. The molecule has 0 atom stereocenters. The van der Waals surface area contributed by atoms with Crippen LogP contribution in [0.25, 0.3) is 0 Å². The summed E-state index contributed by atoms with van der Waals surface area (Å²) in [7, 11) is 0. The number of nitrogens with one attached hydrogen (secondary N) is 2. The summed E-state index contributed by atoms with van der Waals surface area (Å²) in [6, 6.07) is 1.99. The summed E-state index contributed by atoms with van der Waals surface area (Å²) >= 11 is 1.77. The normalized spacial score (nSPS) is 18.0. The minimum atomic E-state index is 0.906. The highest BCUT2D eigenvalue weighted by atomic mass is 32.2. The molecule has 2 aliphatic heterocycles. The smallest absolute Gasteiger partial charge is 0.0683 e. The van der Waals surface area contributed by atoms with Crippen molar-refractivity contribution in [2.45, 2.75) is 4.90 Å². The van der Waals surface area contributed by atoms with Crippen molar-refractivity contribution < 1.29 is 0 Å². The Morgan fingerprint density at radius 2 is 2.43 bits per heavy atom. The standard InChI is InChI=1S/C10H9N3S/c1-3-12-6-10-7(1)13-8-5-11-4-2-9(8)14-10/h1-3,5-6,11,13H,4H2. The van der Waals surface area contributed by atoms with Crippen LogP contribution in [0.3, 0.4) is 0 Å². The molecule has 0 aromatic carbocycles. The molecule has 0 amide bonds. The van der Waals surface area contributed by atoms with Gasteiger partial charge in [-0.3, -0.25) is 4.98 Å². The zero-order chi connectivity index (χ0) is 9.38. The average Bonchev–Trinajstić information content (AvgIpc) is 2.26. The third-order valence-electron chi connectivity index (χ3n) is 2.19. The van der Waals surface area contributed by atoms with Crippen molar-refractivity contribution in [3.63, 3.8) is 0 Å². The lowest BCUT2D eigenvalue weighted by atomic mass is 10.3. The van der Waals surface area contributed by atoms with E-state index in [9.17, 15) is 0 Å². The summed E-state index contributed by atoms with van der Waals surface area (Å²) in [6.45, 7) is 0.906. The van der Waals surface area contributed by atoms with E-state index in [-0.39, 0.29) is 0 Å². The molecule has 0 radical (unpaired) electrons. The van der Waals surface area contributed by atoms with E-state index < -0.39 is 0 Å². The average molecular weight is 203 g/mol. The van der Waals surface area contributed by atoms with Gasteiger partial charge in [-0.1, -0.05) is 11.8 Å². The van der Waals surface area contributed by atoms with E-state index in [1.54, 1.807) is 18.0 Å². The largest absolute Gasteiger partial charge is 0.386 e. The SMILES string of the molecule is C1=C2Nc3ccncc3SC2=CCN1. The first kappa shape index (κ1) is 7.94. The van der Waals surface area contributed by atoms with Crippen LogP contribution >= 0.6 is 11.8 Å². The summed E-state index contributed by atoms with van der Waals surface area (Å²) in [5.41, 5.74) is 2.29. The van der Waals surface area contributed by atoms with E-state index in [2.05, 4.69) is 21.7 Å². The predicted octanol–water partition coefficient (Wildman–Crippen LogP) is 1.93. The topological polar surface area (TPSA) is 37.0 Å². The molecule has 0 fully saturated rings. The molecule has 1 aromatic rings. The first-order valence-electron chi connectivity index (χ1n) is 4.46. The lowest BCUT2D eigenvalue weighted by molar-refractivity contribution is 0.949. The van der Waals surface area contributed by atoms with Crippen molar-refractivity contribution in [3.05, 3.63) is 41.3 Å². The molecule has 0 unspecified atom stereocenters. The number of fused-ring (bicyclic) bond motifs is 2. The maximum Gasteiger partial charge on any atom is 0.0683 e. The van der Waals surface area contributed by atoms with Crippen LogP contribution in [0.5, 0.6) is 0 Å². The van der Waals surface area contributed by atoms with Gasteiger partial charge in [-0.05, 0) is 12.1 Å². The van der Waals surface area contributed by atoms with Gasteiger partial charge in [-0.15, -0.1) is 0 Å². The molecule has 0 saturated heterocycles. The maximum absolute atomic E-state index is 4.11. The number of hydrogen-bond donors (Lipinski definition) is 2. The number of rotatable bonds is 0. The van der Waals surface area contributed by atoms with Crippen LogP contribution in [-0.2, 0) is 0 Å². The second-order valence-corrected chi connectivity index (χ2v) is 4.22. The highest BCUT2D eigenvalue weighted by Crippen LogP contribution is 2.41. The molecular weight excluding hydrogens is 194 g/mol. The molecule has 2 N–H and O–H groups in total. The first-order valence-corrected chi connectivity index (χ1v) is 5.28.